The predicted octanol–water partition coefficient (Wildman–Crippen LogP) is 2.00. The zero-order chi connectivity index (χ0) is 14.3. The van der Waals surface area contributed by atoms with Crippen molar-refractivity contribution >= 4 is 5.97 Å². The maximum absolute atomic E-state index is 11.0. The lowest BCUT2D eigenvalue weighted by molar-refractivity contribution is -0.146. The van der Waals surface area contributed by atoms with Gasteiger partial charge in [-0.3, -0.25) is 0 Å². The van der Waals surface area contributed by atoms with Gasteiger partial charge in [-0.1, -0.05) is 32.0 Å². The lowest BCUT2D eigenvalue weighted by Crippen LogP contribution is -2.21. The van der Waals surface area contributed by atoms with Crippen molar-refractivity contribution in [2.75, 3.05) is 20.3 Å². The number of ether oxygens (including phenoxy) is 2. The van der Waals surface area contributed by atoms with Crippen molar-refractivity contribution in [1.82, 2.24) is 0 Å². The first-order valence-corrected chi connectivity index (χ1v) is 6.64. The number of rotatable bonds is 7. The highest BCUT2D eigenvalue weighted by molar-refractivity contribution is 5.70. The van der Waals surface area contributed by atoms with Crippen molar-refractivity contribution in [2.45, 2.75) is 32.7 Å². The van der Waals surface area contributed by atoms with Crippen LogP contribution in [0.15, 0.2) is 18.2 Å². The van der Waals surface area contributed by atoms with Gasteiger partial charge in [0, 0.05) is 0 Å². The van der Waals surface area contributed by atoms with Crippen LogP contribution in [0.4, 0.5) is 0 Å². The van der Waals surface area contributed by atoms with Gasteiger partial charge in [0.2, 0.25) is 0 Å². The zero-order valence-electron chi connectivity index (χ0n) is 11.9. The van der Waals surface area contributed by atoms with Crippen molar-refractivity contribution in [1.29, 1.82) is 0 Å². The molecule has 0 spiro atoms. The second-order valence-electron chi connectivity index (χ2n) is 4.44. The van der Waals surface area contributed by atoms with Crippen LogP contribution in [0.2, 0.25) is 0 Å². The minimum absolute atomic E-state index is 0.0564. The first kappa shape index (κ1) is 15.7. The van der Waals surface area contributed by atoms with Gasteiger partial charge in [0.15, 0.2) is 0 Å². The minimum Gasteiger partial charge on any atom is -0.467 e. The molecule has 1 aromatic carbocycles. The summed E-state index contributed by atoms with van der Waals surface area (Å²) in [5.74, 6) is -0.384. The van der Waals surface area contributed by atoms with Crippen LogP contribution in [0.3, 0.4) is 0 Å². The molecule has 2 N–H and O–H groups in total. The Morgan fingerprint density at radius 2 is 2.05 bits per heavy atom. The third-order valence-electron chi connectivity index (χ3n) is 3.14. The Labute approximate surface area is 114 Å². The normalized spacial score (nSPS) is 12.2. The number of hydrogen-bond acceptors (Lipinski definition) is 4. The van der Waals surface area contributed by atoms with Crippen molar-refractivity contribution in [3.05, 3.63) is 34.9 Å². The Bertz CT molecular complexity index is 418. The first-order valence-electron chi connectivity index (χ1n) is 6.64. The molecule has 1 atom stereocenters. The van der Waals surface area contributed by atoms with Gasteiger partial charge in [-0.05, 0) is 29.5 Å². The van der Waals surface area contributed by atoms with Crippen LogP contribution in [-0.4, -0.2) is 26.3 Å². The number of methoxy groups -OCH3 is 1. The average Bonchev–Trinajstić information content (AvgIpc) is 2.45. The fourth-order valence-corrected chi connectivity index (χ4v) is 1.95. The van der Waals surface area contributed by atoms with E-state index < -0.39 is 0 Å². The van der Waals surface area contributed by atoms with E-state index in [0.29, 0.717) is 6.61 Å². The minimum atomic E-state index is -0.384. The second-order valence-corrected chi connectivity index (χ2v) is 4.44. The Morgan fingerprint density at radius 3 is 2.63 bits per heavy atom. The molecule has 0 amide bonds. The van der Waals surface area contributed by atoms with Gasteiger partial charge in [0.05, 0.1) is 19.8 Å². The number of nitrogens with two attached hydrogens (primary N) is 1. The number of aryl methyl sites for hydroxylation is 2. The van der Waals surface area contributed by atoms with Crippen LogP contribution in [0.5, 0.6) is 0 Å². The molecule has 19 heavy (non-hydrogen) atoms. The summed E-state index contributed by atoms with van der Waals surface area (Å²) in [5.41, 5.74) is 9.74. The number of carbonyl (C=O) groups excluding carboxylic acids is 1. The Balaban J connectivity index is 2.69. The van der Waals surface area contributed by atoms with Crippen LogP contribution in [0.25, 0.3) is 0 Å². The van der Waals surface area contributed by atoms with Gasteiger partial charge in [-0.2, -0.15) is 0 Å². The summed E-state index contributed by atoms with van der Waals surface area (Å²) in [7, 11) is 1.34. The van der Waals surface area contributed by atoms with E-state index in [1.807, 2.05) is 0 Å². The Morgan fingerprint density at radius 1 is 1.32 bits per heavy atom. The zero-order valence-corrected chi connectivity index (χ0v) is 11.9. The van der Waals surface area contributed by atoms with Gasteiger partial charge >= 0.3 is 5.97 Å². The summed E-state index contributed by atoms with van der Waals surface area (Å²) in [6, 6.07) is 6.16. The predicted molar refractivity (Wildman–Crippen MR) is 75.0 cm³/mol. The number of benzene rings is 1. The molecule has 0 aromatic heterocycles. The molecular weight excluding hydrogens is 242 g/mol. The van der Waals surface area contributed by atoms with Crippen LogP contribution in [-0.2, 0) is 27.1 Å². The smallest absolute Gasteiger partial charge is 0.331 e. The number of esters is 1. The first-order chi connectivity index (χ1) is 9.12. The Kier molecular flexibility index (Phi) is 6.53. The molecule has 1 aromatic rings. The van der Waals surface area contributed by atoms with E-state index in [1.165, 1.54) is 18.2 Å². The van der Waals surface area contributed by atoms with Crippen molar-refractivity contribution in [3.63, 3.8) is 0 Å². The standard InChI is InChI=1S/C15H23NO3/c1-4-11-6-7-12(5-2)13(8-11)14(16)9-19-10-15(17)18-3/h6-8,14H,4-5,9-10,16H2,1-3H3. The van der Waals surface area contributed by atoms with E-state index in [-0.39, 0.29) is 18.6 Å². The van der Waals surface area contributed by atoms with E-state index in [1.54, 1.807) is 0 Å². The molecule has 0 aliphatic heterocycles. The van der Waals surface area contributed by atoms with Crippen LogP contribution < -0.4 is 5.73 Å². The summed E-state index contributed by atoms with van der Waals surface area (Å²) in [6.45, 7) is 4.48. The second kappa shape index (κ2) is 7.92. The molecule has 0 saturated heterocycles. The molecule has 0 fully saturated rings. The molecule has 1 unspecified atom stereocenters. The van der Waals surface area contributed by atoms with Gasteiger partial charge in [0.25, 0.3) is 0 Å². The number of carbonyl (C=O) groups is 1. The average molecular weight is 265 g/mol. The van der Waals surface area contributed by atoms with Crippen molar-refractivity contribution in [2.24, 2.45) is 5.73 Å². The van der Waals surface area contributed by atoms with Gasteiger partial charge < -0.3 is 15.2 Å². The molecule has 0 saturated carbocycles. The fourth-order valence-electron chi connectivity index (χ4n) is 1.95. The SMILES string of the molecule is CCc1ccc(CC)c(C(N)COCC(=O)OC)c1. The van der Waals surface area contributed by atoms with Crippen LogP contribution >= 0.6 is 0 Å². The maximum atomic E-state index is 11.0. The van der Waals surface area contributed by atoms with Gasteiger partial charge in [0.1, 0.15) is 6.61 Å². The van der Waals surface area contributed by atoms with Crippen molar-refractivity contribution in [3.8, 4) is 0 Å². The molecule has 4 heteroatoms. The third kappa shape index (κ3) is 4.65. The Hall–Kier alpha value is -1.39. The summed E-state index contributed by atoms with van der Waals surface area (Å²) < 4.78 is 9.79. The highest BCUT2D eigenvalue weighted by atomic mass is 16.6. The molecular formula is C15H23NO3. The third-order valence-corrected chi connectivity index (χ3v) is 3.14. The molecule has 0 bridgehead atoms. The molecule has 0 aliphatic rings. The monoisotopic (exact) mass is 265 g/mol. The lowest BCUT2D eigenvalue weighted by Gasteiger charge is -2.17. The molecule has 4 nitrogen and oxygen atoms in total. The molecule has 1 rings (SSSR count). The summed E-state index contributed by atoms with van der Waals surface area (Å²) in [5, 5.41) is 0. The molecule has 0 radical (unpaired) electrons. The van der Waals surface area contributed by atoms with Gasteiger partial charge in [-0.15, -0.1) is 0 Å². The quantitative estimate of drug-likeness (QED) is 0.766. The van der Waals surface area contributed by atoms with E-state index in [4.69, 9.17) is 10.5 Å². The van der Waals surface area contributed by atoms with E-state index >= 15 is 0 Å². The number of hydrogen-bond donors (Lipinski definition) is 1. The summed E-state index contributed by atoms with van der Waals surface area (Å²) >= 11 is 0. The summed E-state index contributed by atoms with van der Waals surface area (Å²) in [6.07, 6.45) is 1.91. The fraction of sp³-hybridized carbons (Fsp3) is 0.533. The van der Waals surface area contributed by atoms with E-state index in [0.717, 1.165) is 18.4 Å². The van der Waals surface area contributed by atoms with Crippen molar-refractivity contribution < 1.29 is 14.3 Å². The largest absolute Gasteiger partial charge is 0.467 e. The van der Waals surface area contributed by atoms with Crippen LogP contribution in [0, 0.1) is 0 Å². The topological polar surface area (TPSA) is 61.5 Å². The maximum Gasteiger partial charge on any atom is 0.331 e. The highest BCUT2D eigenvalue weighted by Gasteiger charge is 2.12. The highest BCUT2D eigenvalue weighted by Crippen LogP contribution is 2.20. The lowest BCUT2D eigenvalue weighted by atomic mass is 9.96. The molecule has 106 valence electrons. The molecule has 0 heterocycles. The van der Waals surface area contributed by atoms with Crippen LogP contribution in [0.1, 0.15) is 36.6 Å². The summed E-state index contributed by atoms with van der Waals surface area (Å²) in [4.78, 5) is 11.0. The van der Waals surface area contributed by atoms with E-state index in [2.05, 4.69) is 36.8 Å². The van der Waals surface area contributed by atoms with E-state index in [9.17, 15) is 4.79 Å². The van der Waals surface area contributed by atoms with Gasteiger partial charge in [-0.25, -0.2) is 4.79 Å². The molecule has 0 aliphatic carbocycles.